The number of carbonyl (C=O) groups excluding carboxylic acids is 1. The number of ether oxygens (including phenoxy) is 1. The van der Waals surface area contributed by atoms with Crippen LogP contribution in [0.4, 0.5) is 87.8 Å². The summed E-state index contributed by atoms with van der Waals surface area (Å²) in [6.07, 6.45) is -16.8. The van der Waals surface area contributed by atoms with Gasteiger partial charge in [-0.05, 0) is 38.0 Å². The molecule has 2 bridgehead atoms. The number of fused-ring (bicyclic) bond motifs is 2. The molecule has 0 aromatic heterocycles. The number of rotatable bonds is 11. The Balaban J connectivity index is 2.62. The van der Waals surface area contributed by atoms with Crippen LogP contribution >= 0.6 is 0 Å². The van der Waals surface area contributed by atoms with Gasteiger partial charge in [-0.1, -0.05) is 13.0 Å². The Morgan fingerprint density at radius 3 is 1.39 bits per heavy atom. The Labute approximate surface area is 232 Å². The summed E-state index contributed by atoms with van der Waals surface area (Å²) in [5.74, 6) is -64.0. The van der Waals surface area contributed by atoms with Gasteiger partial charge in [0.15, 0.2) is 0 Å². The van der Waals surface area contributed by atoms with Crippen LogP contribution in [-0.4, -0.2) is 65.4 Å². The van der Waals surface area contributed by atoms with E-state index in [0.29, 0.717) is 6.42 Å². The van der Waals surface area contributed by atoms with Crippen molar-refractivity contribution in [2.75, 3.05) is 0 Å². The van der Waals surface area contributed by atoms with Crippen molar-refractivity contribution in [1.29, 1.82) is 0 Å². The number of hydrogen-bond acceptors (Lipinski definition) is 2. The predicted octanol–water partition coefficient (Wildman–Crippen LogP) is 9.24. The highest BCUT2D eigenvalue weighted by atomic mass is 19.4. The van der Waals surface area contributed by atoms with Crippen molar-refractivity contribution in [1.82, 2.24) is 0 Å². The highest BCUT2D eigenvalue weighted by Gasteiger charge is 2.95. The Morgan fingerprint density at radius 1 is 0.636 bits per heavy atom. The van der Waals surface area contributed by atoms with Gasteiger partial charge in [0.05, 0.1) is 6.42 Å². The highest BCUT2D eigenvalue weighted by molar-refractivity contribution is 5.89. The van der Waals surface area contributed by atoms with Crippen LogP contribution in [0.3, 0.4) is 0 Å². The van der Waals surface area contributed by atoms with Gasteiger partial charge in [-0.25, -0.2) is 4.79 Å². The molecule has 0 saturated heterocycles. The zero-order valence-electron chi connectivity index (χ0n) is 21.4. The first-order chi connectivity index (χ1) is 19.1. The molecule has 22 heteroatoms. The van der Waals surface area contributed by atoms with Crippen LogP contribution < -0.4 is 0 Å². The SMILES string of the molecule is C=C(C(=O)OC(C)(CC(F)(F)C(F)(F)C(F)(F)C(F)(F)C(F)(F)C(F)(F)C(F)(F)C(F)(F)F)C1CC2CCC1C2)C(F)(F)F. The minimum Gasteiger partial charge on any atom is -0.455 e. The Kier molecular flexibility index (Phi) is 8.99. The van der Waals surface area contributed by atoms with E-state index in [2.05, 4.69) is 11.3 Å². The van der Waals surface area contributed by atoms with E-state index >= 15 is 0 Å². The van der Waals surface area contributed by atoms with E-state index in [1.54, 1.807) is 0 Å². The molecule has 0 spiro atoms. The maximum absolute atomic E-state index is 14.9. The molecule has 2 saturated carbocycles. The quantitative estimate of drug-likeness (QED) is 0.123. The molecule has 0 N–H and O–H groups in total. The lowest BCUT2D eigenvalue weighted by atomic mass is 9.73. The molecular formula is C22H18F20O2. The lowest BCUT2D eigenvalue weighted by Gasteiger charge is -2.45. The van der Waals surface area contributed by atoms with Crippen molar-refractivity contribution < 1.29 is 97.3 Å². The van der Waals surface area contributed by atoms with Crippen molar-refractivity contribution in [3.8, 4) is 0 Å². The van der Waals surface area contributed by atoms with Gasteiger partial charge in [0.25, 0.3) is 0 Å². The van der Waals surface area contributed by atoms with Gasteiger partial charge in [-0.15, -0.1) is 0 Å². The molecule has 2 aliphatic carbocycles. The van der Waals surface area contributed by atoms with E-state index < -0.39 is 102 Å². The van der Waals surface area contributed by atoms with Gasteiger partial charge in [-0.2, -0.15) is 87.8 Å². The number of hydrogen-bond donors (Lipinski definition) is 0. The molecule has 258 valence electrons. The Bertz CT molecular complexity index is 1120. The summed E-state index contributed by atoms with van der Waals surface area (Å²) in [5.41, 5.74) is -5.91. The Hall–Kier alpha value is -2.19. The number of alkyl halides is 20. The van der Waals surface area contributed by atoms with Crippen LogP contribution in [0.25, 0.3) is 0 Å². The van der Waals surface area contributed by atoms with E-state index in [0.717, 1.165) is 0 Å². The normalized spacial score (nSPS) is 24.3. The van der Waals surface area contributed by atoms with Gasteiger partial charge >= 0.3 is 59.8 Å². The molecule has 2 aliphatic rings. The summed E-state index contributed by atoms with van der Waals surface area (Å²) in [4.78, 5) is 12.0. The fourth-order valence-corrected chi connectivity index (χ4v) is 5.37. The van der Waals surface area contributed by atoms with Crippen LogP contribution in [0, 0.1) is 17.8 Å². The highest BCUT2D eigenvalue weighted by Crippen LogP contribution is 2.65. The molecule has 4 atom stereocenters. The summed E-state index contributed by atoms with van der Waals surface area (Å²) in [5, 5.41) is 0. The minimum atomic E-state index is -8.83. The molecule has 4 unspecified atom stereocenters. The summed E-state index contributed by atoms with van der Waals surface area (Å²) in [7, 11) is 0. The first kappa shape index (κ1) is 38.0. The molecule has 0 aromatic carbocycles. The molecule has 0 aromatic rings. The summed E-state index contributed by atoms with van der Waals surface area (Å²) in [6, 6.07) is 0. The standard InChI is InChI=1S/C22H18F20O2/c1-8(15(25,26)27)12(43)44-13(2,11-6-9-3-4-10(11)5-9)7-14(23,24)16(28,29)17(30,31)18(32,33)19(34,35)20(36,37)21(38,39)22(40,41)42/h9-11H,1,3-7H2,2H3. The monoisotopic (exact) mass is 694 g/mol. The Morgan fingerprint density at radius 2 is 1.05 bits per heavy atom. The van der Waals surface area contributed by atoms with Crippen molar-refractivity contribution >= 4 is 5.97 Å². The maximum atomic E-state index is 14.9. The van der Waals surface area contributed by atoms with E-state index in [1.807, 2.05) is 0 Å². The second kappa shape index (κ2) is 10.4. The first-order valence-corrected chi connectivity index (χ1v) is 11.8. The molecule has 0 radical (unpaired) electrons. The third-order valence-electron chi connectivity index (χ3n) is 7.80. The molecule has 0 aliphatic heterocycles. The molecule has 2 fully saturated rings. The average molecular weight is 694 g/mol. The lowest BCUT2D eigenvalue weighted by Crippen LogP contribution is -2.74. The molecule has 0 heterocycles. The fourth-order valence-electron chi connectivity index (χ4n) is 5.37. The van der Waals surface area contributed by atoms with Gasteiger partial charge in [0, 0.05) is 5.92 Å². The minimum absolute atomic E-state index is 0.00755. The molecular weight excluding hydrogens is 676 g/mol. The fraction of sp³-hybridized carbons (Fsp3) is 0.864. The van der Waals surface area contributed by atoms with Crippen molar-refractivity contribution in [3.05, 3.63) is 12.2 Å². The predicted molar refractivity (Wildman–Crippen MR) is 104 cm³/mol. The smallest absolute Gasteiger partial charge is 0.455 e. The van der Waals surface area contributed by atoms with Crippen molar-refractivity contribution in [2.24, 2.45) is 17.8 Å². The second-order valence-corrected chi connectivity index (χ2v) is 10.8. The molecule has 2 nitrogen and oxygen atoms in total. The lowest BCUT2D eigenvalue weighted by molar-refractivity contribution is -0.462. The molecule has 2 rings (SSSR count). The van der Waals surface area contributed by atoms with E-state index in [1.165, 1.54) is 0 Å². The van der Waals surface area contributed by atoms with Crippen LogP contribution in [0.5, 0.6) is 0 Å². The van der Waals surface area contributed by atoms with Crippen LogP contribution in [0.15, 0.2) is 12.2 Å². The van der Waals surface area contributed by atoms with Crippen LogP contribution in [0.1, 0.15) is 39.0 Å². The first-order valence-electron chi connectivity index (χ1n) is 11.8. The van der Waals surface area contributed by atoms with Gasteiger partial charge in [0.2, 0.25) is 0 Å². The number of halogens is 20. The topological polar surface area (TPSA) is 26.3 Å². The van der Waals surface area contributed by atoms with Crippen LogP contribution in [0.2, 0.25) is 0 Å². The maximum Gasteiger partial charge on any atom is 0.460 e. The van der Waals surface area contributed by atoms with E-state index in [9.17, 15) is 92.6 Å². The van der Waals surface area contributed by atoms with E-state index in [4.69, 9.17) is 0 Å². The van der Waals surface area contributed by atoms with Crippen molar-refractivity contribution in [2.45, 2.75) is 98.4 Å². The summed E-state index contributed by atoms with van der Waals surface area (Å²) >= 11 is 0. The number of esters is 1. The van der Waals surface area contributed by atoms with Crippen LogP contribution in [-0.2, 0) is 9.53 Å². The molecule has 44 heavy (non-hydrogen) atoms. The van der Waals surface area contributed by atoms with E-state index in [-0.39, 0.29) is 19.8 Å². The third kappa shape index (κ3) is 5.46. The van der Waals surface area contributed by atoms with Gasteiger partial charge in [0.1, 0.15) is 11.2 Å². The van der Waals surface area contributed by atoms with Gasteiger partial charge in [-0.3, -0.25) is 0 Å². The number of carbonyl (C=O) groups is 1. The average Bonchev–Trinajstić information content (AvgIpc) is 3.45. The molecule has 0 amide bonds. The third-order valence-corrected chi connectivity index (χ3v) is 7.80. The second-order valence-electron chi connectivity index (χ2n) is 10.8. The van der Waals surface area contributed by atoms with Crippen molar-refractivity contribution in [3.63, 3.8) is 0 Å². The zero-order valence-corrected chi connectivity index (χ0v) is 21.4. The zero-order chi connectivity index (χ0) is 35.1. The largest absolute Gasteiger partial charge is 0.460 e. The summed E-state index contributed by atoms with van der Waals surface area (Å²) in [6.45, 7) is 2.41. The summed E-state index contributed by atoms with van der Waals surface area (Å²) < 4.78 is 275. The van der Waals surface area contributed by atoms with Gasteiger partial charge < -0.3 is 4.74 Å².